The lowest BCUT2D eigenvalue weighted by molar-refractivity contribution is -0.130. The normalized spacial score (nSPS) is 12.1. The third-order valence-electron chi connectivity index (χ3n) is 2.52. The van der Waals surface area contributed by atoms with E-state index in [2.05, 4.69) is 4.74 Å². The standard InChI is InChI=1S/C12H16F2N2O2/c1-16(2)12(17)10(15)5-7-4-9(14)11(18-3)6-8(7)13/h4,6,10H,5,15H2,1-3H3. The van der Waals surface area contributed by atoms with E-state index in [-0.39, 0.29) is 23.6 Å². The molecular formula is C12H16F2N2O2. The third-order valence-corrected chi connectivity index (χ3v) is 2.52. The van der Waals surface area contributed by atoms with Gasteiger partial charge in [0.25, 0.3) is 0 Å². The number of carbonyl (C=O) groups is 1. The summed E-state index contributed by atoms with van der Waals surface area (Å²) in [4.78, 5) is 12.8. The first-order chi connectivity index (χ1) is 8.36. The first-order valence-corrected chi connectivity index (χ1v) is 5.35. The second kappa shape index (κ2) is 5.77. The maximum absolute atomic E-state index is 13.6. The highest BCUT2D eigenvalue weighted by Gasteiger charge is 2.19. The monoisotopic (exact) mass is 258 g/mol. The van der Waals surface area contributed by atoms with Crippen LogP contribution in [0.1, 0.15) is 5.56 Å². The van der Waals surface area contributed by atoms with Crippen LogP contribution >= 0.6 is 0 Å². The van der Waals surface area contributed by atoms with E-state index in [0.717, 1.165) is 12.1 Å². The topological polar surface area (TPSA) is 55.6 Å². The Morgan fingerprint density at radius 3 is 2.50 bits per heavy atom. The lowest BCUT2D eigenvalue weighted by Gasteiger charge is -2.17. The van der Waals surface area contributed by atoms with Crippen molar-refractivity contribution in [2.45, 2.75) is 12.5 Å². The molecule has 0 aliphatic rings. The van der Waals surface area contributed by atoms with E-state index < -0.39 is 17.7 Å². The predicted octanol–water partition coefficient (Wildman–Crippen LogP) is 0.931. The Morgan fingerprint density at radius 1 is 1.39 bits per heavy atom. The summed E-state index contributed by atoms with van der Waals surface area (Å²) in [7, 11) is 4.35. The van der Waals surface area contributed by atoms with Crippen LogP contribution in [0.15, 0.2) is 12.1 Å². The molecular weight excluding hydrogens is 242 g/mol. The van der Waals surface area contributed by atoms with E-state index in [0.29, 0.717) is 0 Å². The molecule has 0 heterocycles. The molecule has 0 fully saturated rings. The number of halogens is 2. The van der Waals surface area contributed by atoms with Crippen molar-refractivity contribution in [1.29, 1.82) is 0 Å². The Morgan fingerprint density at radius 2 is 2.00 bits per heavy atom. The average Bonchev–Trinajstić information content (AvgIpc) is 2.32. The molecule has 0 aliphatic heterocycles. The number of ether oxygens (including phenoxy) is 1. The Labute approximate surface area is 104 Å². The summed E-state index contributed by atoms with van der Waals surface area (Å²) in [5, 5.41) is 0. The van der Waals surface area contributed by atoms with Crippen molar-refractivity contribution in [2.24, 2.45) is 5.73 Å². The van der Waals surface area contributed by atoms with Crippen molar-refractivity contribution in [1.82, 2.24) is 4.90 Å². The zero-order chi connectivity index (χ0) is 13.9. The number of nitrogens with zero attached hydrogens (tertiary/aromatic N) is 1. The predicted molar refractivity (Wildman–Crippen MR) is 63.3 cm³/mol. The summed E-state index contributed by atoms with van der Waals surface area (Å²) >= 11 is 0. The van der Waals surface area contributed by atoms with Crippen LogP contribution in [0.25, 0.3) is 0 Å². The fourth-order valence-electron chi connectivity index (χ4n) is 1.54. The van der Waals surface area contributed by atoms with Crippen LogP contribution < -0.4 is 10.5 Å². The average molecular weight is 258 g/mol. The minimum absolute atomic E-state index is 0.0519. The van der Waals surface area contributed by atoms with Gasteiger partial charge in [0, 0.05) is 20.2 Å². The molecule has 0 aliphatic carbocycles. The molecule has 18 heavy (non-hydrogen) atoms. The largest absolute Gasteiger partial charge is 0.494 e. The molecule has 100 valence electrons. The number of benzene rings is 1. The Balaban J connectivity index is 2.92. The molecule has 1 rings (SSSR count). The van der Waals surface area contributed by atoms with Gasteiger partial charge >= 0.3 is 0 Å². The first-order valence-electron chi connectivity index (χ1n) is 5.35. The highest BCUT2D eigenvalue weighted by atomic mass is 19.1. The fraction of sp³-hybridized carbons (Fsp3) is 0.417. The molecule has 0 saturated heterocycles. The van der Waals surface area contributed by atoms with E-state index in [1.807, 2.05) is 0 Å². The van der Waals surface area contributed by atoms with Gasteiger partial charge in [-0.25, -0.2) is 8.78 Å². The molecule has 0 aromatic heterocycles. The fourth-order valence-corrected chi connectivity index (χ4v) is 1.54. The molecule has 1 amide bonds. The molecule has 2 N–H and O–H groups in total. The zero-order valence-corrected chi connectivity index (χ0v) is 10.5. The van der Waals surface area contributed by atoms with Gasteiger partial charge in [0.2, 0.25) is 5.91 Å². The number of carbonyl (C=O) groups excluding carboxylic acids is 1. The van der Waals surface area contributed by atoms with Crippen LogP contribution in [-0.4, -0.2) is 38.1 Å². The minimum Gasteiger partial charge on any atom is -0.494 e. The quantitative estimate of drug-likeness (QED) is 0.874. The third kappa shape index (κ3) is 3.16. The van der Waals surface area contributed by atoms with E-state index in [1.165, 1.54) is 12.0 Å². The number of hydrogen-bond donors (Lipinski definition) is 1. The lowest BCUT2D eigenvalue weighted by atomic mass is 10.0. The van der Waals surface area contributed by atoms with Gasteiger partial charge in [0.1, 0.15) is 5.82 Å². The summed E-state index contributed by atoms with van der Waals surface area (Å²) in [5.74, 6) is -1.84. The summed E-state index contributed by atoms with van der Waals surface area (Å²) in [6.45, 7) is 0. The molecule has 1 aromatic carbocycles. The van der Waals surface area contributed by atoms with E-state index in [4.69, 9.17) is 5.73 Å². The number of nitrogens with two attached hydrogens (primary N) is 1. The zero-order valence-electron chi connectivity index (χ0n) is 10.5. The number of likely N-dealkylation sites (N-methyl/N-ethyl adjacent to an activating group) is 1. The van der Waals surface area contributed by atoms with Crippen LogP contribution in [0.3, 0.4) is 0 Å². The van der Waals surface area contributed by atoms with Crippen molar-refractivity contribution in [2.75, 3.05) is 21.2 Å². The van der Waals surface area contributed by atoms with Crippen LogP contribution in [0, 0.1) is 11.6 Å². The molecule has 0 radical (unpaired) electrons. The van der Waals surface area contributed by atoms with E-state index in [1.54, 1.807) is 14.1 Å². The second-order valence-electron chi connectivity index (χ2n) is 4.12. The maximum atomic E-state index is 13.6. The SMILES string of the molecule is COc1cc(F)c(CC(N)C(=O)N(C)C)cc1F. The molecule has 4 nitrogen and oxygen atoms in total. The first kappa shape index (κ1) is 14.4. The summed E-state index contributed by atoms with van der Waals surface area (Å²) in [6.07, 6.45) is -0.0657. The van der Waals surface area contributed by atoms with Gasteiger partial charge in [-0.15, -0.1) is 0 Å². The van der Waals surface area contributed by atoms with Gasteiger partial charge in [-0.3, -0.25) is 4.79 Å². The maximum Gasteiger partial charge on any atom is 0.239 e. The van der Waals surface area contributed by atoms with Gasteiger partial charge in [-0.2, -0.15) is 0 Å². The van der Waals surface area contributed by atoms with Gasteiger partial charge in [-0.1, -0.05) is 0 Å². The Hall–Kier alpha value is -1.69. The molecule has 1 aromatic rings. The molecule has 6 heteroatoms. The number of amides is 1. The molecule has 1 unspecified atom stereocenters. The highest BCUT2D eigenvalue weighted by Crippen LogP contribution is 2.22. The molecule has 0 saturated carbocycles. The van der Waals surface area contributed by atoms with Gasteiger partial charge in [-0.05, 0) is 18.1 Å². The van der Waals surface area contributed by atoms with Gasteiger partial charge < -0.3 is 15.4 Å². The van der Waals surface area contributed by atoms with Crippen molar-refractivity contribution < 1.29 is 18.3 Å². The van der Waals surface area contributed by atoms with Crippen molar-refractivity contribution in [3.63, 3.8) is 0 Å². The van der Waals surface area contributed by atoms with E-state index in [9.17, 15) is 13.6 Å². The van der Waals surface area contributed by atoms with Crippen LogP contribution in [0.2, 0.25) is 0 Å². The number of hydrogen-bond acceptors (Lipinski definition) is 3. The van der Waals surface area contributed by atoms with Crippen LogP contribution in [-0.2, 0) is 11.2 Å². The molecule has 0 spiro atoms. The van der Waals surface area contributed by atoms with E-state index >= 15 is 0 Å². The minimum atomic E-state index is -0.901. The van der Waals surface area contributed by atoms with Gasteiger partial charge in [0.05, 0.1) is 13.2 Å². The Bertz CT molecular complexity index is 450. The summed E-state index contributed by atoms with van der Waals surface area (Å²) < 4.78 is 31.7. The van der Waals surface area contributed by atoms with Crippen LogP contribution in [0.4, 0.5) is 8.78 Å². The molecule has 1 atom stereocenters. The van der Waals surface area contributed by atoms with Crippen LogP contribution in [0.5, 0.6) is 5.75 Å². The highest BCUT2D eigenvalue weighted by molar-refractivity contribution is 5.81. The second-order valence-corrected chi connectivity index (χ2v) is 4.12. The smallest absolute Gasteiger partial charge is 0.239 e. The van der Waals surface area contributed by atoms with Crippen molar-refractivity contribution in [3.8, 4) is 5.75 Å². The van der Waals surface area contributed by atoms with Gasteiger partial charge in [0.15, 0.2) is 11.6 Å². The number of methoxy groups -OCH3 is 1. The summed E-state index contributed by atoms with van der Waals surface area (Å²) in [6, 6.07) is 1.04. The van der Waals surface area contributed by atoms with Crippen molar-refractivity contribution >= 4 is 5.91 Å². The Kier molecular flexibility index (Phi) is 4.61. The number of rotatable bonds is 4. The summed E-state index contributed by atoms with van der Waals surface area (Å²) in [5.41, 5.74) is 5.68. The van der Waals surface area contributed by atoms with Crippen molar-refractivity contribution in [3.05, 3.63) is 29.3 Å². The lowest BCUT2D eigenvalue weighted by Crippen LogP contribution is -2.41. The molecule has 0 bridgehead atoms.